The zero-order chi connectivity index (χ0) is 34.8. The van der Waals surface area contributed by atoms with Gasteiger partial charge in [-0.25, -0.2) is 9.59 Å². The van der Waals surface area contributed by atoms with Crippen molar-refractivity contribution in [3.8, 4) is 22.6 Å². The van der Waals surface area contributed by atoms with Crippen LogP contribution in [0.5, 0.6) is 11.5 Å². The maximum Gasteiger partial charge on any atom is 0.333 e. The number of ether oxygens (including phenoxy) is 4. The Kier molecular flexibility index (Phi) is 19.8. The first kappa shape index (κ1) is 39.1. The van der Waals surface area contributed by atoms with Crippen LogP contribution in [-0.4, -0.2) is 38.4 Å². The summed E-state index contributed by atoms with van der Waals surface area (Å²) in [6.45, 7) is 7.62. The second kappa shape index (κ2) is 24.8. The molecular weight excluding hydrogens is 612 g/mol. The fourth-order valence-electron chi connectivity index (χ4n) is 5.28. The summed E-state index contributed by atoms with van der Waals surface area (Å²) in [5, 5.41) is 0. The van der Waals surface area contributed by atoms with Crippen LogP contribution in [0.3, 0.4) is 0 Å². The lowest BCUT2D eigenvalue weighted by Gasteiger charge is -2.09. The van der Waals surface area contributed by atoms with Crippen LogP contribution in [0.2, 0.25) is 0 Å². The third-order valence-corrected chi connectivity index (χ3v) is 8.19. The zero-order valence-corrected chi connectivity index (χ0v) is 29.5. The maximum absolute atomic E-state index is 11.8. The highest BCUT2D eigenvalue weighted by atomic mass is 16.5. The predicted octanol–water partition coefficient (Wildman–Crippen LogP) is 10.9. The van der Waals surface area contributed by atoms with E-state index in [1.165, 1.54) is 51.0 Å². The molecule has 6 nitrogen and oxygen atoms in total. The standard InChI is InChI=1S/C43H56O6/c1-36(2)43(45)49-35-19-12-11-17-33-47-41-29-25-39(26-30-41)38-23-27-40(28-24-38)46-32-16-9-7-5-3-4-6-8-10-18-34-48-42(44)31-22-37-20-14-13-15-21-37/h13-15,20-31H,1,3-12,16-19,32-35H2,2H3/b31-22+. The minimum atomic E-state index is -0.313. The molecule has 0 amide bonds. The minimum absolute atomic E-state index is 0.269. The van der Waals surface area contributed by atoms with Crippen LogP contribution in [0.25, 0.3) is 17.2 Å². The van der Waals surface area contributed by atoms with Gasteiger partial charge in [-0.1, -0.05) is 113 Å². The average molecular weight is 669 g/mol. The molecule has 6 heteroatoms. The fourth-order valence-corrected chi connectivity index (χ4v) is 5.28. The van der Waals surface area contributed by atoms with Gasteiger partial charge in [-0.15, -0.1) is 0 Å². The quantitative estimate of drug-likeness (QED) is 0.0482. The van der Waals surface area contributed by atoms with E-state index in [0.717, 1.165) is 79.7 Å². The number of hydrogen-bond acceptors (Lipinski definition) is 6. The molecular formula is C43H56O6. The molecule has 0 radical (unpaired) electrons. The molecule has 264 valence electrons. The largest absolute Gasteiger partial charge is 0.494 e. The second-order valence-corrected chi connectivity index (χ2v) is 12.5. The van der Waals surface area contributed by atoms with E-state index in [4.69, 9.17) is 18.9 Å². The molecule has 0 atom stereocenters. The van der Waals surface area contributed by atoms with E-state index < -0.39 is 0 Å². The molecule has 3 rings (SSSR count). The van der Waals surface area contributed by atoms with Gasteiger partial charge in [0.05, 0.1) is 26.4 Å². The van der Waals surface area contributed by atoms with Crippen LogP contribution in [-0.2, 0) is 19.1 Å². The van der Waals surface area contributed by atoms with Gasteiger partial charge >= 0.3 is 11.9 Å². The van der Waals surface area contributed by atoms with Crippen molar-refractivity contribution in [1.29, 1.82) is 0 Å². The van der Waals surface area contributed by atoms with Crippen LogP contribution in [0.1, 0.15) is 102 Å². The Morgan fingerprint density at radius 2 is 0.939 bits per heavy atom. The first-order valence-corrected chi connectivity index (χ1v) is 18.2. The summed E-state index contributed by atoms with van der Waals surface area (Å²) in [5.41, 5.74) is 3.74. The number of unbranched alkanes of at least 4 members (excludes halogenated alkanes) is 12. The van der Waals surface area contributed by atoms with Crippen molar-refractivity contribution >= 4 is 18.0 Å². The number of esters is 2. The minimum Gasteiger partial charge on any atom is -0.494 e. The van der Waals surface area contributed by atoms with E-state index in [1.54, 1.807) is 13.0 Å². The van der Waals surface area contributed by atoms with Crippen LogP contribution >= 0.6 is 0 Å². The molecule has 3 aromatic carbocycles. The lowest BCUT2D eigenvalue weighted by Crippen LogP contribution is -2.06. The van der Waals surface area contributed by atoms with Gasteiger partial charge in [0, 0.05) is 11.6 Å². The van der Waals surface area contributed by atoms with Crippen molar-refractivity contribution in [3.63, 3.8) is 0 Å². The van der Waals surface area contributed by atoms with E-state index >= 15 is 0 Å². The molecule has 3 aromatic rings. The van der Waals surface area contributed by atoms with Crippen molar-refractivity contribution in [2.45, 2.75) is 96.8 Å². The summed E-state index contributed by atoms with van der Waals surface area (Å²) < 4.78 is 22.3. The van der Waals surface area contributed by atoms with E-state index in [-0.39, 0.29) is 11.9 Å². The summed E-state index contributed by atoms with van der Waals surface area (Å²) in [7, 11) is 0. The van der Waals surface area contributed by atoms with E-state index in [9.17, 15) is 9.59 Å². The van der Waals surface area contributed by atoms with Gasteiger partial charge in [0.25, 0.3) is 0 Å². The third kappa shape index (κ3) is 18.1. The molecule has 0 aliphatic heterocycles. The molecule has 0 spiro atoms. The summed E-state index contributed by atoms with van der Waals surface area (Å²) in [5.74, 6) is 1.21. The van der Waals surface area contributed by atoms with Crippen molar-refractivity contribution in [1.82, 2.24) is 0 Å². The lowest BCUT2D eigenvalue weighted by molar-refractivity contribution is -0.139. The Morgan fingerprint density at radius 3 is 1.39 bits per heavy atom. The van der Waals surface area contributed by atoms with Gasteiger partial charge in [0.15, 0.2) is 0 Å². The number of carbonyl (C=O) groups is 2. The molecule has 0 aliphatic rings. The van der Waals surface area contributed by atoms with Gasteiger partial charge in [-0.2, -0.15) is 0 Å². The molecule has 0 bridgehead atoms. The van der Waals surface area contributed by atoms with Gasteiger partial charge < -0.3 is 18.9 Å². The highest BCUT2D eigenvalue weighted by Gasteiger charge is 2.04. The van der Waals surface area contributed by atoms with Crippen LogP contribution in [0.4, 0.5) is 0 Å². The van der Waals surface area contributed by atoms with E-state index in [0.29, 0.717) is 25.4 Å². The average Bonchev–Trinajstić information content (AvgIpc) is 3.12. The Morgan fingerprint density at radius 1 is 0.531 bits per heavy atom. The lowest BCUT2D eigenvalue weighted by atomic mass is 10.1. The molecule has 0 saturated carbocycles. The van der Waals surface area contributed by atoms with Crippen molar-refractivity contribution in [3.05, 3.63) is 103 Å². The molecule has 0 N–H and O–H groups in total. The third-order valence-electron chi connectivity index (χ3n) is 8.19. The Balaban J connectivity index is 1.12. The molecule has 0 unspecified atom stereocenters. The van der Waals surface area contributed by atoms with Crippen molar-refractivity contribution in [2.75, 3.05) is 26.4 Å². The normalized spacial score (nSPS) is 11.0. The molecule has 0 aliphatic carbocycles. The fraction of sp³-hybridized carbons (Fsp3) is 0.442. The summed E-state index contributed by atoms with van der Waals surface area (Å²) in [4.78, 5) is 23.2. The van der Waals surface area contributed by atoms with Gasteiger partial charge in [0.2, 0.25) is 0 Å². The molecule has 49 heavy (non-hydrogen) atoms. The zero-order valence-electron chi connectivity index (χ0n) is 29.5. The van der Waals surface area contributed by atoms with Crippen LogP contribution in [0.15, 0.2) is 97.1 Å². The predicted molar refractivity (Wildman–Crippen MR) is 200 cm³/mol. The van der Waals surface area contributed by atoms with Crippen LogP contribution < -0.4 is 9.47 Å². The Hall–Kier alpha value is -4.32. The van der Waals surface area contributed by atoms with E-state index in [1.807, 2.05) is 54.6 Å². The Bertz CT molecular complexity index is 1360. The van der Waals surface area contributed by atoms with Gasteiger partial charge in [-0.3, -0.25) is 0 Å². The van der Waals surface area contributed by atoms with E-state index in [2.05, 4.69) is 30.8 Å². The number of benzene rings is 3. The summed E-state index contributed by atoms with van der Waals surface area (Å²) in [6.07, 6.45) is 19.0. The van der Waals surface area contributed by atoms with Gasteiger partial charge in [0.1, 0.15) is 11.5 Å². The second-order valence-electron chi connectivity index (χ2n) is 12.5. The smallest absolute Gasteiger partial charge is 0.333 e. The SMILES string of the molecule is C=C(C)C(=O)OCCCCCCOc1ccc(-c2ccc(OCCCCCCCCCCCCOC(=O)/C=C/c3ccccc3)cc2)cc1. The number of hydrogen-bond donors (Lipinski definition) is 0. The first-order chi connectivity index (χ1) is 24.0. The molecule has 0 heterocycles. The van der Waals surface area contributed by atoms with Crippen LogP contribution in [0, 0.1) is 0 Å². The number of carbonyl (C=O) groups excluding carboxylic acids is 2. The molecule has 0 fully saturated rings. The van der Waals surface area contributed by atoms with Gasteiger partial charge in [-0.05, 0) is 92.5 Å². The molecule has 0 saturated heterocycles. The number of rotatable bonds is 26. The monoisotopic (exact) mass is 668 g/mol. The molecule has 0 aromatic heterocycles. The summed E-state index contributed by atoms with van der Waals surface area (Å²) in [6, 6.07) is 26.3. The first-order valence-electron chi connectivity index (χ1n) is 18.2. The van der Waals surface area contributed by atoms with Crippen molar-refractivity contribution < 1.29 is 28.5 Å². The highest BCUT2D eigenvalue weighted by Crippen LogP contribution is 2.25. The highest BCUT2D eigenvalue weighted by molar-refractivity contribution is 5.87. The Labute approximate surface area is 294 Å². The van der Waals surface area contributed by atoms with Crippen molar-refractivity contribution in [2.24, 2.45) is 0 Å². The maximum atomic E-state index is 11.8. The topological polar surface area (TPSA) is 71.1 Å². The summed E-state index contributed by atoms with van der Waals surface area (Å²) >= 11 is 0.